The first kappa shape index (κ1) is 19.4. The largest absolute Gasteiger partial charge is 0.439 e. The Bertz CT molecular complexity index is 651. The van der Waals surface area contributed by atoms with Crippen LogP contribution in [0.5, 0.6) is 0 Å². The molecule has 1 aromatic carbocycles. The van der Waals surface area contributed by atoms with Crippen molar-refractivity contribution in [1.82, 2.24) is 4.90 Å². The molecule has 1 fully saturated rings. The van der Waals surface area contributed by atoms with Gasteiger partial charge in [-0.05, 0) is 36.3 Å². The van der Waals surface area contributed by atoms with Crippen molar-refractivity contribution in [3.63, 3.8) is 0 Å². The van der Waals surface area contributed by atoms with E-state index in [4.69, 9.17) is 9.16 Å². The van der Waals surface area contributed by atoms with E-state index in [1.165, 1.54) is 0 Å². The number of nitrogens with zero attached hydrogens (tertiary/aromatic N) is 1. The predicted molar refractivity (Wildman–Crippen MR) is 100 cm³/mol. The third kappa shape index (κ3) is 4.02. The summed E-state index contributed by atoms with van der Waals surface area (Å²) >= 11 is 0. The van der Waals surface area contributed by atoms with Gasteiger partial charge in [0.15, 0.2) is 8.32 Å². The number of ether oxygens (including phenoxy) is 1. The summed E-state index contributed by atoms with van der Waals surface area (Å²) in [5, 5.41) is 0.0361. The van der Waals surface area contributed by atoms with Gasteiger partial charge in [-0.25, -0.2) is 9.69 Å². The number of benzene rings is 1. The van der Waals surface area contributed by atoms with Crippen LogP contribution in [0.25, 0.3) is 0 Å². The molecule has 0 unspecified atom stereocenters. The van der Waals surface area contributed by atoms with Gasteiger partial charge in [-0.2, -0.15) is 0 Å². The molecule has 136 valence electrons. The van der Waals surface area contributed by atoms with Gasteiger partial charge >= 0.3 is 6.09 Å². The molecule has 5 nitrogen and oxygen atoms in total. The fourth-order valence-corrected chi connectivity index (χ4v) is 3.39. The molecule has 0 N–H and O–H groups in total. The van der Waals surface area contributed by atoms with Crippen LogP contribution in [0.15, 0.2) is 43.0 Å². The minimum atomic E-state index is -2.02. The Balaban J connectivity index is 2.24. The molecule has 25 heavy (non-hydrogen) atoms. The lowest BCUT2D eigenvalue weighted by atomic mass is 10.1. The molecule has 1 aliphatic rings. The minimum absolute atomic E-state index is 0.0361. The van der Waals surface area contributed by atoms with Gasteiger partial charge in [-0.1, -0.05) is 45.5 Å². The molecule has 0 saturated carbocycles. The maximum atomic E-state index is 12.8. The van der Waals surface area contributed by atoms with Gasteiger partial charge in [-0.15, -0.1) is 0 Å². The van der Waals surface area contributed by atoms with E-state index >= 15 is 0 Å². The molecule has 0 aromatic heterocycles. The summed E-state index contributed by atoms with van der Waals surface area (Å²) in [5.74, 6) is -0.376. The fraction of sp³-hybridized carbons (Fsp3) is 0.474. The van der Waals surface area contributed by atoms with Crippen molar-refractivity contribution < 1.29 is 18.8 Å². The molecule has 1 heterocycles. The Morgan fingerprint density at radius 2 is 1.92 bits per heavy atom. The van der Waals surface area contributed by atoms with Gasteiger partial charge in [-0.3, -0.25) is 4.79 Å². The van der Waals surface area contributed by atoms with Crippen LogP contribution in [0.1, 0.15) is 31.1 Å². The Kier molecular flexibility index (Phi) is 5.54. The summed E-state index contributed by atoms with van der Waals surface area (Å²) in [5.41, 5.74) is 0.446. The molecular weight excluding hydrogens is 334 g/mol. The van der Waals surface area contributed by atoms with Gasteiger partial charge in [0.1, 0.15) is 12.1 Å². The lowest BCUT2D eigenvalue weighted by Gasteiger charge is -2.37. The van der Waals surface area contributed by atoms with Crippen molar-refractivity contribution in [2.45, 2.75) is 51.0 Å². The average Bonchev–Trinajstić information content (AvgIpc) is 2.87. The van der Waals surface area contributed by atoms with E-state index in [1.807, 2.05) is 6.07 Å². The number of rotatable bonds is 5. The van der Waals surface area contributed by atoms with Crippen LogP contribution < -0.4 is 0 Å². The summed E-state index contributed by atoms with van der Waals surface area (Å²) < 4.78 is 11.6. The second kappa shape index (κ2) is 7.13. The third-order valence-corrected chi connectivity index (χ3v) is 9.54. The van der Waals surface area contributed by atoms with Crippen LogP contribution >= 0.6 is 0 Å². The summed E-state index contributed by atoms with van der Waals surface area (Å²) in [6.07, 6.45) is 0.336. The van der Waals surface area contributed by atoms with Crippen molar-refractivity contribution in [2.24, 2.45) is 0 Å². The number of carbonyl (C=O) groups is 2. The highest BCUT2D eigenvalue weighted by atomic mass is 28.4. The van der Waals surface area contributed by atoms with Crippen LogP contribution in [0.4, 0.5) is 4.79 Å². The lowest BCUT2D eigenvalue weighted by molar-refractivity contribution is 0.0733. The molecule has 2 amide bonds. The molecule has 0 spiro atoms. The van der Waals surface area contributed by atoms with E-state index in [9.17, 15) is 9.59 Å². The topological polar surface area (TPSA) is 55.8 Å². The summed E-state index contributed by atoms with van der Waals surface area (Å²) in [4.78, 5) is 26.2. The fourth-order valence-electron chi connectivity index (χ4n) is 2.37. The molecule has 1 saturated heterocycles. The predicted octanol–water partition coefficient (Wildman–Crippen LogP) is 4.22. The summed E-state index contributed by atoms with van der Waals surface area (Å²) in [7, 11) is -2.02. The quantitative estimate of drug-likeness (QED) is 0.582. The van der Waals surface area contributed by atoms with Crippen LogP contribution in [0.3, 0.4) is 0 Å². The van der Waals surface area contributed by atoms with E-state index in [1.54, 1.807) is 30.3 Å². The molecule has 0 aliphatic carbocycles. The molecular formula is C19H27NO4Si. The number of hydrogen-bond donors (Lipinski definition) is 0. The van der Waals surface area contributed by atoms with E-state index < -0.39 is 26.6 Å². The van der Waals surface area contributed by atoms with Crippen molar-refractivity contribution in [3.8, 4) is 0 Å². The number of carbonyl (C=O) groups excluding carboxylic acids is 2. The normalized spacial score (nSPS) is 21.2. The van der Waals surface area contributed by atoms with E-state index in [0.717, 1.165) is 4.90 Å². The molecule has 0 bridgehead atoms. The first-order valence-corrected chi connectivity index (χ1v) is 11.3. The van der Waals surface area contributed by atoms with Gasteiger partial charge in [0.25, 0.3) is 5.91 Å². The maximum absolute atomic E-state index is 12.8. The van der Waals surface area contributed by atoms with Gasteiger partial charge in [0, 0.05) is 5.56 Å². The highest BCUT2D eigenvalue weighted by molar-refractivity contribution is 6.74. The molecule has 6 heteroatoms. The Morgan fingerprint density at radius 1 is 1.32 bits per heavy atom. The van der Waals surface area contributed by atoms with Crippen molar-refractivity contribution in [3.05, 3.63) is 48.6 Å². The average molecular weight is 362 g/mol. The second-order valence-electron chi connectivity index (χ2n) is 7.76. The van der Waals surface area contributed by atoms with Crippen LogP contribution in [-0.2, 0) is 9.16 Å². The van der Waals surface area contributed by atoms with E-state index in [2.05, 4.69) is 40.4 Å². The highest BCUT2D eigenvalue weighted by Gasteiger charge is 2.46. The second-order valence-corrected chi connectivity index (χ2v) is 12.6. The number of hydrogen-bond acceptors (Lipinski definition) is 4. The standard InChI is InChI=1S/C19H27NO4Si/c1-7-16-15(13-23-25(5,6)19(2,3)4)20(18(22)24-16)17(21)14-11-9-8-10-12-14/h7-12,15-16H,1,13H2,2-6H3/t15-,16+/m0/s1. The van der Waals surface area contributed by atoms with Crippen LogP contribution in [0, 0.1) is 0 Å². The van der Waals surface area contributed by atoms with Crippen molar-refractivity contribution >= 4 is 20.3 Å². The Hall–Kier alpha value is -1.92. The number of amides is 2. The zero-order valence-electron chi connectivity index (χ0n) is 15.6. The van der Waals surface area contributed by atoms with Gasteiger partial charge in [0.05, 0.1) is 6.61 Å². The molecule has 0 radical (unpaired) electrons. The first-order valence-electron chi connectivity index (χ1n) is 8.44. The summed E-state index contributed by atoms with van der Waals surface area (Å²) in [6.45, 7) is 14.7. The minimum Gasteiger partial charge on any atom is -0.439 e. The first-order chi connectivity index (χ1) is 11.6. The molecule has 1 aromatic rings. The van der Waals surface area contributed by atoms with Crippen molar-refractivity contribution in [2.75, 3.05) is 6.61 Å². The van der Waals surface area contributed by atoms with Crippen LogP contribution in [0.2, 0.25) is 18.1 Å². The molecule has 2 rings (SSSR count). The SMILES string of the molecule is C=C[C@H]1OC(=O)N(C(=O)c2ccccc2)[C@H]1CO[Si](C)(C)C(C)(C)C. The third-order valence-electron chi connectivity index (χ3n) is 5.04. The van der Waals surface area contributed by atoms with Gasteiger partial charge in [0.2, 0.25) is 0 Å². The molecule has 2 atom stereocenters. The summed E-state index contributed by atoms with van der Waals surface area (Å²) in [6, 6.07) is 8.21. The lowest BCUT2D eigenvalue weighted by Crippen LogP contribution is -2.48. The van der Waals surface area contributed by atoms with Crippen LogP contribution in [-0.4, -0.2) is 44.0 Å². The zero-order chi connectivity index (χ0) is 18.8. The van der Waals surface area contributed by atoms with Crippen molar-refractivity contribution in [1.29, 1.82) is 0 Å². The highest BCUT2D eigenvalue weighted by Crippen LogP contribution is 2.37. The zero-order valence-corrected chi connectivity index (χ0v) is 16.6. The monoisotopic (exact) mass is 361 g/mol. The van der Waals surface area contributed by atoms with E-state index in [-0.39, 0.29) is 17.6 Å². The van der Waals surface area contributed by atoms with Gasteiger partial charge < -0.3 is 9.16 Å². The Labute approximate surface area is 150 Å². The van der Waals surface area contributed by atoms with E-state index in [0.29, 0.717) is 5.56 Å². The molecule has 1 aliphatic heterocycles. The smallest absolute Gasteiger partial charge is 0.417 e. The maximum Gasteiger partial charge on any atom is 0.417 e. The Morgan fingerprint density at radius 3 is 2.44 bits per heavy atom. The number of imide groups is 1. The number of cyclic esters (lactones) is 1.